The molecule has 2 heterocycles. The molecule has 1 aliphatic heterocycles. The number of halogens is 1. The predicted octanol–water partition coefficient (Wildman–Crippen LogP) is 2.55. The van der Waals surface area contributed by atoms with Gasteiger partial charge in [0.2, 0.25) is 5.91 Å². The van der Waals surface area contributed by atoms with Gasteiger partial charge in [0.15, 0.2) is 0 Å². The Kier molecular flexibility index (Phi) is 4.39. The number of carbonyl (C=O) groups excluding carboxylic acids is 1. The molecule has 2 atom stereocenters. The summed E-state index contributed by atoms with van der Waals surface area (Å²) in [6.45, 7) is 5.84. The molecule has 0 N–H and O–H groups in total. The van der Waals surface area contributed by atoms with Gasteiger partial charge >= 0.3 is 0 Å². The number of amides is 1. The molecule has 6 heteroatoms. The molecule has 3 rings (SSSR count). The van der Waals surface area contributed by atoms with Gasteiger partial charge < -0.3 is 4.90 Å². The highest BCUT2D eigenvalue weighted by molar-refractivity contribution is 6.31. The van der Waals surface area contributed by atoms with E-state index in [1.165, 1.54) is 10.9 Å². The summed E-state index contributed by atoms with van der Waals surface area (Å²) in [5, 5.41) is 0.923. The SMILES string of the molecule is C[C@@H]1C[C@H](C)CN(C(=O)Cn2cnc3ccc(Cl)cc3c2=O)C1. The molecule has 122 valence electrons. The summed E-state index contributed by atoms with van der Waals surface area (Å²) in [6, 6.07) is 5.00. The molecule has 1 fully saturated rings. The van der Waals surface area contributed by atoms with Gasteiger partial charge in [-0.05, 0) is 36.5 Å². The van der Waals surface area contributed by atoms with Crippen LogP contribution in [0, 0.1) is 11.8 Å². The fourth-order valence-electron chi connectivity index (χ4n) is 3.36. The van der Waals surface area contributed by atoms with Crippen molar-refractivity contribution in [1.29, 1.82) is 0 Å². The van der Waals surface area contributed by atoms with Gasteiger partial charge in [0.25, 0.3) is 5.56 Å². The number of fused-ring (bicyclic) bond motifs is 1. The second-order valence-corrected chi connectivity index (χ2v) is 7.02. The van der Waals surface area contributed by atoms with Crippen LogP contribution in [0.15, 0.2) is 29.3 Å². The minimum absolute atomic E-state index is 0.0216. The molecule has 1 aromatic carbocycles. The van der Waals surface area contributed by atoms with Crippen LogP contribution in [0.3, 0.4) is 0 Å². The minimum Gasteiger partial charge on any atom is -0.341 e. The fourth-order valence-corrected chi connectivity index (χ4v) is 3.53. The zero-order valence-corrected chi connectivity index (χ0v) is 14.1. The predicted molar refractivity (Wildman–Crippen MR) is 90.5 cm³/mol. The molecular formula is C17H20ClN3O2. The van der Waals surface area contributed by atoms with Crippen molar-refractivity contribution in [3.63, 3.8) is 0 Å². The van der Waals surface area contributed by atoms with Crippen molar-refractivity contribution >= 4 is 28.4 Å². The second kappa shape index (κ2) is 6.32. The van der Waals surface area contributed by atoms with E-state index in [0.29, 0.717) is 27.8 Å². The second-order valence-electron chi connectivity index (χ2n) is 6.58. The number of likely N-dealkylation sites (tertiary alicyclic amines) is 1. The van der Waals surface area contributed by atoms with E-state index in [2.05, 4.69) is 18.8 Å². The molecule has 0 radical (unpaired) electrons. The zero-order valence-electron chi connectivity index (χ0n) is 13.3. The monoisotopic (exact) mass is 333 g/mol. The molecule has 5 nitrogen and oxygen atoms in total. The van der Waals surface area contributed by atoms with Gasteiger partial charge in [-0.2, -0.15) is 0 Å². The first-order chi connectivity index (χ1) is 10.9. The average molecular weight is 334 g/mol. The van der Waals surface area contributed by atoms with Crippen LogP contribution in [0.25, 0.3) is 10.9 Å². The number of piperidine rings is 1. The Morgan fingerprint density at radius 3 is 2.70 bits per heavy atom. The summed E-state index contributed by atoms with van der Waals surface area (Å²) in [5.74, 6) is 0.953. The highest BCUT2D eigenvalue weighted by atomic mass is 35.5. The van der Waals surface area contributed by atoms with E-state index in [-0.39, 0.29) is 18.0 Å². The lowest BCUT2D eigenvalue weighted by molar-refractivity contribution is -0.134. The molecule has 1 saturated heterocycles. The van der Waals surface area contributed by atoms with Crippen LogP contribution in [-0.2, 0) is 11.3 Å². The Morgan fingerprint density at radius 2 is 2.00 bits per heavy atom. The smallest absolute Gasteiger partial charge is 0.261 e. The van der Waals surface area contributed by atoms with Crippen molar-refractivity contribution in [3.8, 4) is 0 Å². The van der Waals surface area contributed by atoms with E-state index in [4.69, 9.17) is 11.6 Å². The Morgan fingerprint density at radius 1 is 1.30 bits per heavy atom. The van der Waals surface area contributed by atoms with Gasteiger partial charge in [-0.3, -0.25) is 14.2 Å². The van der Waals surface area contributed by atoms with Crippen molar-refractivity contribution in [1.82, 2.24) is 14.5 Å². The summed E-state index contributed by atoms with van der Waals surface area (Å²) < 4.78 is 1.37. The molecule has 2 aromatic rings. The van der Waals surface area contributed by atoms with Gasteiger partial charge in [0, 0.05) is 18.1 Å². The van der Waals surface area contributed by atoms with Gasteiger partial charge in [-0.15, -0.1) is 0 Å². The quantitative estimate of drug-likeness (QED) is 0.848. The average Bonchev–Trinajstić information content (AvgIpc) is 2.49. The molecule has 23 heavy (non-hydrogen) atoms. The van der Waals surface area contributed by atoms with Crippen molar-refractivity contribution in [3.05, 3.63) is 39.9 Å². The van der Waals surface area contributed by atoms with Gasteiger partial charge in [-0.25, -0.2) is 4.98 Å². The third-order valence-electron chi connectivity index (χ3n) is 4.31. The number of benzene rings is 1. The Bertz CT molecular complexity index is 792. The maximum absolute atomic E-state index is 12.5. The van der Waals surface area contributed by atoms with E-state index in [9.17, 15) is 9.59 Å². The maximum atomic E-state index is 12.5. The standard InChI is InChI=1S/C17H20ClN3O2/c1-11-5-12(2)8-20(7-11)16(22)9-21-10-19-15-4-3-13(18)6-14(15)17(21)23/h3-4,6,10-12H,5,7-9H2,1-2H3/t11-,12+. The lowest BCUT2D eigenvalue weighted by Crippen LogP contribution is -2.44. The highest BCUT2D eigenvalue weighted by Crippen LogP contribution is 2.21. The molecule has 1 aliphatic rings. The molecular weight excluding hydrogens is 314 g/mol. The van der Waals surface area contributed by atoms with Crippen molar-refractivity contribution < 1.29 is 4.79 Å². The topological polar surface area (TPSA) is 55.2 Å². The summed E-state index contributed by atoms with van der Waals surface area (Å²) >= 11 is 5.95. The van der Waals surface area contributed by atoms with Crippen LogP contribution in [0.2, 0.25) is 5.02 Å². The van der Waals surface area contributed by atoms with Crippen molar-refractivity contribution in [2.45, 2.75) is 26.8 Å². The van der Waals surface area contributed by atoms with Crippen molar-refractivity contribution in [2.75, 3.05) is 13.1 Å². The summed E-state index contributed by atoms with van der Waals surface area (Å²) in [4.78, 5) is 31.1. The molecule has 0 aliphatic carbocycles. The molecule has 1 amide bonds. The van der Waals surface area contributed by atoms with E-state index in [1.807, 2.05) is 4.90 Å². The minimum atomic E-state index is -0.232. The van der Waals surface area contributed by atoms with Gasteiger partial charge in [0.1, 0.15) is 6.54 Å². The third kappa shape index (κ3) is 3.39. The van der Waals surface area contributed by atoms with Crippen LogP contribution in [-0.4, -0.2) is 33.4 Å². The van der Waals surface area contributed by atoms with Crippen LogP contribution >= 0.6 is 11.6 Å². The van der Waals surface area contributed by atoms with E-state index < -0.39 is 0 Å². The fraction of sp³-hybridized carbons (Fsp3) is 0.471. The van der Waals surface area contributed by atoms with Crippen LogP contribution < -0.4 is 5.56 Å². The number of carbonyl (C=O) groups is 1. The number of hydrogen-bond acceptors (Lipinski definition) is 3. The molecule has 1 aromatic heterocycles. The Labute approximate surface area is 139 Å². The molecule has 0 bridgehead atoms. The Balaban J connectivity index is 1.85. The first kappa shape index (κ1) is 16.0. The molecule has 0 spiro atoms. The van der Waals surface area contributed by atoms with Crippen molar-refractivity contribution in [2.24, 2.45) is 11.8 Å². The third-order valence-corrected chi connectivity index (χ3v) is 4.55. The lowest BCUT2D eigenvalue weighted by Gasteiger charge is -2.35. The number of hydrogen-bond donors (Lipinski definition) is 0. The van der Waals surface area contributed by atoms with Gasteiger partial charge in [-0.1, -0.05) is 25.4 Å². The zero-order chi connectivity index (χ0) is 16.6. The van der Waals surface area contributed by atoms with E-state index in [0.717, 1.165) is 19.5 Å². The van der Waals surface area contributed by atoms with Gasteiger partial charge in [0.05, 0.1) is 17.2 Å². The molecule has 0 unspecified atom stereocenters. The van der Waals surface area contributed by atoms with Crippen LogP contribution in [0.5, 0.6) is 0 Å². The summed E-state index contributed by atoms with van der Waals surface area (Å²) in [7, 11) is 0. The normalized spacial score (nSPS) is 21.6. The van der Waals surface area contributed by atoms with E-state index in [1.54, 1.807) is 18.2 Å². The lowest BCUT2D eigenvalue weighted by atomic mass is 9.92. The summed E-state index contributed by atoms with van der Waals surface area (Å²) in [5.41, 5.74) is 0.354. The summed E-state index contributed by atoms with van der Waals surface area (Å²) in [6.07, 6.45) is 2.58. The highest BCUT2D eigenvalue weighted by Gasteiger charge is 2.25. The first-order valence-electron chi connectivity index (χ1n) is 7.86. The largest absolute Gasteiger partial charge is 0.341 e. The Hall–Kier alpha value is -1.88. The number of rotatable bonds is 2. The first-order valence-corrected chi connectivity index (χ1v) is 8.24. The molecule has 0 saturated carbocycles. The van der Waals surface area contributed by atoms with Crippen LogP contribution in [0.1, 0.15) is 20.3 Å². The van der Waals surface area contributed by atoms with Crippen LogP contribution in [0.4, 0.5) is 0 Å². The number of aromatic nitrogens is 2. The van der Waals surface area contributed by atoms with E-state index >= 15 is 0 Å². The maximum Gasteiger partial charge on any atom is 0.261 e. The number of nitrogens with zero attached hydrogens (tertiary/aromatic N) is 3.